The molecule has 1 saturated heterocycles. The summed E-state index contributed by atoms with van der Waals surface area (Å²) in [7, 11) is 0. The summed E-state index contributed by atoms with van der Waals surface area (Å²) in [6.45, 7) is 0.928. The van der Waals surface area contributed by atoms with E-state index in [0.717, 1.165) is 16.3 Å². The van der Waals surface area contributed by atoms with Crippen LogP contribution in [0.3, 0.4) is 0 Å². The van der Waals surface area contributed by atoms with Crippen LogP contribution in [0.1, 0.15) is 33.7 Å². The summed E-state index contributed by atoms with van der Waals surface area (Å²) in [5, 5.41) is 24.4. The number of carbonyl (C=O) groups excluding carboxylic acids is 1. The number of nitrogens with one attached hydrogen (secondary N) is 1. The quantitative estimate of drug-likeness (QED) is 0.313. The maximum absolute atomic E-state index is 12.8. The first-order valence-corrected chi connectivity index (χ1v) is 12.3. The number of anilines is 2. The zero-order valence-electron chi connectivity index (χ0n) is 19.9. The maximum Gasteiger partial charge on any atom is 0.308 e. The van der Waals surface area contributed by atoms with Crippen LogP contribution >= 0.6 is 11.6 Å². The molecule has 9 heteroatoms. The third-order valence-electron chi connectivity index (χ3n) is 6.36. The van der Waals surface area contributed by atoms with E-state index in [2.05, 4.69) is 15.3 Å². The number of nitrogens with zero attached hydrogens (tertiary/aromatic N) is 3. The molecule has 0 aliphatic carbocycles. The summed E-state index contributed by atoms with van der Waals surface area (Å²) < 4.78 is 0. The number of carboxylic acid groups (broad SMARTS) is 1. The molecule has 1 atom stereocenters. The average molecular weight is 517 g/mol. The van der Waals surface area contributed by atoms with E-state index in [0.29, 0.717) is 54.4 Å². The largest absolute Gasteiger partial charge is 0.481 e. The monoisotopic (exact) mass is 516 g/mol. The van der Waals surface area contributed by atoms with Crippen LogP contribution in [-0.4, -0.2) is 51.3 Å². The van der Waals surface area contributed by atoms with Gasteiger partial charge in [-0.15, -0.1) is 0 Å². The number of hydrogen-bond acceptors (Lipinski definition) is 6. The normalized spacial score (nSPS) is 15.2. The molecule has 8 nitrogen and oxygen atoms in total. The Balaban J connectivity index is 1.31. The highest BCUT2D eigenvalue weighted by molar-refractivity contribution is 6.30. The van der Waals surface area contributed by atoms with Crippen molar-refractivity contribution in [1.82, 2.24) is 9.97 Å². The van der Waals surface area contributed by atoms with E-state index in [1.54, 1.807) is 6.07 Å². The molecule has 1 aromatic heterocycles. The van der Waals surface area contributed by atoms with Gasteiger partial charge in [0.15, 0.2) is 0 Å². The lowest BCUT2D eigenvalue weighted by Crippen LogP contribution is -2.25. The summed E-state index contributed by atoms with van der Waals surface area (Å²) >= 11 is 6.39. The van der Waals surface area contributed by atoms with Gasteiger partial charge in [-0.25, -0.2) is 9.97 Å². The Morgan fingerprint density at radius 1 is 1.03 bits per heavy atom. The average Bonchev–Trinajstić information content (AvgIpc) is 3.32. The second-order valence-electron chi connectivity index (χ2n) is 9.08. The van der Waals surface area contributed by atoms with Gasteiger partial charge in [-0.05, 0) is 47.0 Å². The maximum atomic E-state index is 12.8. The van der Waals surface area contributed by atoms with Gasteiger partial charge in [-0.1, -0.05) is 54.1 Å². The molecule has 37 heavy (non-hydrogen) atoms. The Kier molecular flexibility index (Phi) is 7.03. The summed E-state index contributed by atoms with van der Waals surface area (Å²) in [6.07, 6.45) is 0.157. The van der Waals surface area contributed by atoms with Gasteiger partial charge in [-0.3, -0.25) is 9.59 Å². The fraction of sp³-hybridized carbons (Fsp3) is 0.214. The number of aliphatic hydroxyl groups excluding tert-OH is 1. The minimum Gasteiger partial charge on any atom is -0.481 e. The summed E-state index contributed by atoms with van der Waals surface area (Å²) in [6, 6.07) is 20.8. The Morgan fingerprint density at radius 2 is 1.78 bits per heavy atom. The molecule has 0 bridgehead atoms. The van der Waals surface area contributed by atoms with Crippen molar-refractivity contribution in [1.29, 1.82) is 0 Å². The minimum absolute atomic E-state index is 0.100. The Labute approximate surface area is 218 Å². The van der Waals surface area contributed by atoms with E-state index in [1.807, 2.05) is 65.6 Å². The van der Waals surface area contributed by atoms with Crippen LogP contribution in [0.5, 0.6) is 0 Å². The van der Waals surface area contributed by atoms with Crippen molar-refractivity contribution in [2.24, 2.45) is 0 Å². The minimum atomic E-state index is -1.03. The van der Waals surface area contributed by atoms with Gasteiger partial charge in [0.05, 0.1) is 12.5 Å². The number of hydrogen-bond donors (Lipinski definition) is 3. The van der Waals surface area contributed by atoms with Gasteiger partial charge in [0.2, 0.25) is 0 Å². The molecule has 4 aromatic rings. The number of fused-ring (bicyclic) bond motifs is 1. The lowest BCUT2D eigenvalue weighted by atomic mass is 10.1. The number of amides is 1. The van der Waals surface area contributed by atoms with E-state index in [9.17, 15) is 19.8 Å². The molecule has 1 amide bonds. The lowest BCUT2D eigenvalue weighted by Gasteiger charge is -2.21. The van der Waals surface area contributed by atoms with Gasteiger partial charge >= 0.3 is 5.97 Å². The van der Waals surface area contributed by atoms with Gasteiger partial charge in [0.1, 0.15) is 16.8 Å². The third kappa shape index (κ3) is 5.71. The first-order valence-electron chi connectivity index (χ1n) is 11.9. The molecule has 1 aliphatic rings. The molecular weight excluding hydrogens is 492 g/mol. The summed E-state index contributed by atoms with van der Waals surface area (Å²) in [4.78, 5) is 34.9. The van der Waals surface area contributed by atoms with Crippen molar-refractivity contribution in [2.45, 2.75) is 25.4 Å². The molecule has 1 unspecified atom stereocenters. The predicted octanol–water partition coefficient (Wildman–Crippen LogP) is 4.32. The number of carboxylic acids is 1. The van der Waals surface area contributed by atoms with Crippen LogP contribution in [0.15, 0.2) is 66.7 Å². The molecule has 5 rings (SSSR count). The number of aliphatic hydroxyl groups is 1. The molecule has 0 radical (unpaired) electrons. The molecular formula is C28H25ClN4O4. The second-order valence-corrected chi connectivity index (χ2v) is 9.44. The van der Waals surface area contributed by atoms with Crippen molar-refractivity contribution >= 4 is 45.8 Å². The van der Waals surface area contributed by atoms with Crippen LogP contribution in [0, 0.1) is 0 Å². The fourth-order valence-electron chi connectivity index (χ4n) is 4.49. The number of aliphatic carboxylic acids is 1. The zero-order chi connectivity index (χ0) is 25.9. The standard InChI is InChI=1S/C28H25ClN4O4/c29-26-23(15-25(35)36)27(33-12-11-22(34)16-33)32-24(31-26)13-17-5-9-21(10-6-17)30-28(37)20-8-7-18-3-1-2-4-19(18)14-20/h1-10,14,22,34H,11-13,15-16H2,(H,30,37)(H,35,36). The van der Waals surface area contributed by atoms with Crippen LogP contribution in [0.2, 0.25) is 5.15 Å². The van der Waals surface area contributed by atoms with Crippen molar-refractivity contribution in [3.8, 4) is 0 Å². The van der Waals surface area contributed by atoms with Gasteiger partial charge in [-0.2, -0.15) is 0 Å². The Hall–Kier alpha value is -4.01. The first-order chi connectivity index (χ1) is 17.9. The fourth-order valence-corrected chi connectivity index (χ4v) is 4.74. The topological polar surface area (TPSA) is 116 Å². The first kappa shape index (κ1) is 24.7. The SMILES string of the molecule is O=C(O)Cc1c(Cl)nc(Cc2ccc(NC(=O)c3ccc4ccccc4c3)cc2)nc1N1CCC(O)C1. The molecule has 3 aromatic carbocycles. The molecule has 1 aliphatic heterocycles. The molecule has 1 fully saturated rings. The number of carbonyl (C=O) groups is 2. The number of aromatic nitrogens is 2. The number of halogens is 1. The predicted molar refractivity (Wildman–Crippen MR) is 142 cm³/mol. The van der Waals surface area contributed by atoms with Crippen LogP contribution in [-0.2, 0) is 17.6 Å². The molecule has 3 N–H and O–H groups in total. The van der Waals surface area contributed by atoms with Gasteiger partial charge < -0.3 is 20.4 Å². The smallest absolute Gasteiger partial charge is 0.308 e. The highest BCUT2D eigenvalue weighted by Crippen LogP contribution is 2.29. The Morgan fingerprint density at radius 3 is 2.49 bits per heavy atom. The van der Waals surface area contributed by atoms with Crippen molar-refractivity contribution < 1.29 is 19.8 Å². The highest BCUT2D eigenvalue weighted by Gasteiger charge is 2.27. The molecule has 0 spiro atoms. The number of β-amino-alcohol motifs (C(OH)–C–C–N with tert-alkyl or cyclic N) is 1. The van der Waals surface area contributed by atoms with Crippen molar-refractivity contribution in [3.05, 3.63) is 94.4 Å². The number of benzene rings is 3. The van der Waals surface area contributed by atoms with E-state index in [4.69, 9.17) is 11.6 Å². The highest BCUT2D eigenvalue weighted by atomic mass is 35.5. The van der Waals surface area contributed by atoms with Gasteiger partial charge in [0, 0.05) is 36.3 Å². The molecule has 2 heterocycles. The molecule has 0 saturated carbocycles. The van der Waals surface area contributed by atoms with E-state index in [-0.39, 0.29) is 17.5 Å². The lowest BCUT2D eigenvalue weighted by molar-refractivity contribution is -0.136. The van der Waals surface area contributed by atoms with E-state index in [1.165, 1.54) is 0 Å². The second kappa shape index (κ2) is 10.5. The van der Waals surface area contributed by atoms with E-state index >= 15 is 0 Å². The van der Waals surface area contributed by atoms with Crippen LogP contribution in [0.25, 0.3) is 10.8 Å². The summed E-state index contributed by atoms with van der Waals surface area (Å²) in [5.41, 5.74) is 2.48. The van der Waals surface area contributed by atoms with Crippen molar-refractivity contribution in [2.75, 3.05) is 23.3 Å². The van der Waals surface area contributed by atoms with Crippen molar-refractivity contribution in [3.63, 3.8) is 0 Å². The van der Waals surface area contributed by atoms with Gasteiger partial charge in [0.25, 0.3) is 5.91 Å². The third-order valence-corrected chi connectivity index (χ3v) is 6.67. The number of rotatable bonds is 7. The van der Waals surface area contributed by atoms with Crippen LogP contribution < -0.4 is 10.2 Å². The zero-order valence-corrected chi connectivity index (χ0v) is 20.7. The summed E-state index contributed by atoms with van der Waals surface area (Å²) in [5.74, 6) is -0.322. The van der Waals surface area contributed by atoms with Crippen LogP contribution in [0.4, 0.5) is 11.5 Å². The molecule has 188 valence electrons. The Bertz CT molecular complexity index is 1480. The van der Waals surface area contributed by atoms with E-state index < -0.39 is 12.1 Å².